The van der Waals surface area contributed by atoms with Gasteiger partial charge in [-0.1, -0.05) is 78.3 Å². The summed E-state index contributed by atoms with van der Waals surface area (Å²) in [6.07, 6.45) is 4.41. The van der Waals surface area contributed by atoms with Crippen molar-refractivity contribution in [2.24, 2.45) is 29.4 Å². The molecule has 0 spiro atoms. The summed E-state index contributed by atoms with van der Waals surface area (Å²) < 4.78 is 6.21. The van der Waals surface area contributed by atoms with E-state index in [-0.39, 0.29) is 70.7 Å². The van der Waals surface area contributed by atoms with Crippen LogP contribution in [0.15, 0.2) is 126 Å². The Labute approximate surface area is 571 Å². The normalized spacial score (nSPS) is 16.8. The first-order valence-electron chi connectivity index (χ1n) is 32.0. The number of aromatic amines is 2. The third-order valence-electron chi connectivity index (χ3n) is 16.9. The fourth-order valence-electron chi connectivity index (χ4n) is 11.7. The number of rotatable bonds is 25. The van der Waals surface area contributed by atoms with Crippen molar-refractivity contribution in [2.45, 2.75) is 117 Å². The Balaban J connectivity index is 0.000000250. The zero-order valence-electron chi connectivity index (χ0n) is 53.9. The average molecular weight is 1400 g/mol. The number of primary amides is 1. The van der Waals surface area contributed by atoms with E-state index >= 15 is 0 Å². The number of nitrogens with two attached hydrogens (primary N) is 1. The lowest BCUT2D eigenvalue weighted by atomic mass is 9.81. The molecule has 0 unspecified atom stereocenters. The monoisotopic (exact) mass is 1400 g/mol. The van der Waals surface area contributed by atoms with Crippen LogP contribution in [0.1, 0.15) is 107 Å². The van der Waals surface area contributed by atoms with Gasteiger partial charge in [0.05, 0.1) is 0 Å². The molecule has 7 amide bonds. The van der Waals surface area contributed by atoms with Crippen LogP contribution in [0.2, 0.25) is 10.6 Å². The topological polar surface area (TPSA) is 325 Å². The number of hydrogen-bond acceptors (Lipinski definition) is 13. The molecule has 0 saturated heterocycles. The molecule has 95 heavy (non-hydrogen) atoms. The minimum Gasteiger partial charge on any atom is -0.465 e. The fourth-order valence-corrected chi connectivity index (χ4v) is 12.4. The molecule has 26 heteroatoms. The van der Waals surface area contributed by atoms with E-state index < -0.39 is 35.8 Å². The highest BCUT2D eigenvalue weighted by molar-refractivity contribution is 9.10. The van der Waals surface area contributed by atoms with Crippen molar-refractivity contribution in [1.29, 1.82) is 0 Å². The summed E-state index contributed by atoms with van der Waals surface area (Å²) in [5, 5.41) is 36.9. The molecule has 2 aliphatic carbocycles. The maximum absolute atomic E-state index is 14.2. The molecule has 5 aromatic carbocycles. The van der Waals surface area contributed by atoms with Crippen LogP contribution in [-0.2, 0) is 36.8 Å². The van der Waals surface area contributed by atoms with Gasteiger partial charge in [-0.15, -0.1) is 0 Å². The standard InChI is InChI=1S/C39H47ClN8O5.C30H36BrClN6O4/c1-3-48(4-2)20-19-41-35(49)31-10-6-9-30(23-31)29-8-5-7-26(21-29)22-33(44-36(50)28-13-11-25(12-14-28)24-42-39(52)53)37(51)43-32-17-15-27(16-18-32)34-45-38(40)47-46-34;1-30(2,3)42-29(41)34-17-18-7-9-21(10-8-18)27(40)38(24(25(33)39)16-19-5-4-6-22(31)15-19)23-13-11-20(12-14-23)26-35-28(32)37-36-26/h5-10,15-18,21,23,25,28,33,42H,3-4,11-14,19-20,22,24H2,1-2H3,(H,41,49)(H,43,51)(H,44,50)(H,52,53)(H,45,46,47);4-6,11-15,18,21,24H,7-10,16-17H2,1-3H3,(H2,33,39)(H,34,41)(H,35,36,37)/t25?,28?,33-;18?,21?,24-/m00/s1. The molecule has 0 bridgehead atoms. The average Bonchev–Trinajstić information content (AvgIpc) is 1.23. The number of nitrogens with one attached hydrogen (secondary N) is 7. The summed E-state index contributed by atoms with van der Waals surface area (Å²) >= 11 is 15.2. The Bertz CT molecular complexity index is 3730. The van der Waals surface area contributed by atoms with Gasteiger partial charge in [-0.05, 0) is 215 Å². The number of hydrogen-bond donors (Lipinski definition) is 9. The molecule has 0 aliphatic heterocycles. The van der Waals surface area contributed by atoms with Crippen molar-refractivity contribution in [3.63, 3.8) is 0 Å². The van der Waals surface area contributed by atoms with Crippen LogP contribution >= 0.6 is 39.1 Å². The van der Waals surface area contributed by atoms with E-state index in [4.69, 9.17) is 38.8 Å². The number of alkyl carbamates (subject to hydrolysis) is 1. The molecule has 504 valence electrons. The number of H-pyrrole nitrogens is 2. The molecular formula is C69H83BrCl2N14O9. The molecule has 2 fully saturated rings. The summed E-state index contributed by atoms with van der Waals surface area (Å²) in [6.45, 7) is 13.7. The molecule has 0 radical (unpaired) electrons. The van der Waals surface area contributed by atoms with Crippen molar-refractivity contribution < 1.29 is 43.4 Å². The van der Waals surface area contributed by atoms with E-state index in [1.807, 2.05) is 87.5 Å². The zero-order valence-corrected chi connectivity index (χ0v) is 57.0. The van der Waals surface area contributed by atoms with Crippen molar-refractivity contribution in [1.82, 2.24) is 56.5 Å². The highest BCUT2D eigenvalue weighted by atomic mass is 79.9. The smallest absolute Gasteiger partial charge is 0.407 e. The van der Waals surface area contributed by atoms with Gasteiger partial charge in [0.25, 0.3) is 5.91 Å². The minimum atomic E-state index is -1.06. The first kappa shape index (κ1) is 72.1. The zero-order chi connectivity index (χ0) is 68.2. The molecule has 23 nitrogen and oxygen atoms in total. The van der Waals surface area contributed by atoms with Gasteiger partial charge in [-0.2, -0.15) is 20.2 Å². The summed E-state index contributed by atoms with van der Waals surface area (Å²) in [7, 11) is 0. The number of likely N-dealkylation sites (N-methyl/N-ethyl adjacent to an activating group) is 1. The number of carboxylic acid groups (broad SMARTS) is 1. The number of nitrogens with zero attached hydrogens (tertiary/aromatic N) is 6. The maximum Gasteiger partial charge on any atom is 0.407 e. The van der Waals surface area contributed by atoms with Crippen molar-refractivity contribution in [3.05, 3.63) is 153 Å². The molecule has 2 heterocycles. The molecule has 9 rings (SSSR count). The summed E-state index contributed by atoms with van der Waals surface area (Å²) in [4.78, 5) is 103. The van der Waals surface area contributed by atoms with Gasteiger partial charge in [-0.3, -0.25) is 28.9 Å². The SMILES string of the molecule is CC(C)(C)OC(=O)NCC1CCC(C(=O)N(c2ccc(-c3n[nH]c(Cl)n3)cc2)[C@@H](Cc2cccc(Br)c2)C(N)=O)CC1.CCN(CC)CCNC(=O)c1cccc(-c2cccc(C[C@H](NC(=O)C3CCC(CNC(=O)O)CC3)C(=O)Nc3ccc(-c4n[nH]c(Cl)n4)cc3)c2)c1. The van der Waals surface area contributed by atoms with Crippen LogP contribution < -0.4 is 37.2 Å². The van der Waals surface area contributed by atoms with Crippen LogP contribution in [0.4, 0.5) is 21.0 Å². The van der Waals surface area contributed by atoms with Gasteiger partial charge in [0.2, 0.25) is 34.2 Å². The van der Waals surface area contributed by atoms with E-state index in [1.165, 1.54) is 0 Å². The van der Waals surface area contributed by atoms with E-state index in [9.17, 15) is 33.6 Å². The fraction of sp³-hybridized carbons (Fsp3) is 0.406. The molecular weight excluding hydrogens is 1320 g/mol. The van der Waals surface area contributed by atoms with Crippen LogP contribution in [0.5, 0.6) is 0 Å². The van der Waals surface area contributed by atoms with E-state index in [2.05, 4.69) is 91.6 Å². The Kier molecular flexibility index (Phi) is 26.3. The Morgan fingerprint density at radius 3 is 1.77 bits per heavy atom. The molecule has 2 aromatic heterocycles. The minimum absolute atomic E-state index is 0.140. The second kappa shape index (κ2) is 34.6. The van der Waals surface area contributed by atoms with Crippen molar-refractivity contribution in [3.8, 4) is 33.9 Å². The van der Waals surface area contributed by atoms with Crippen molar-refractivity contribution >= 4 is 92.2 Å². The Hall–Kier alpha value is -8.71. The lowest BCUT2D eigenvalue weighted by Gasteiger charge is -2.36. The highest BCUT2D eigenvalue weighted by Crippen LogP contribution is 2.35. The number of amides is 7. The summed E-state index contributed by atoms with van der Waals surface area (Å²) in [5.74, 6) is -0.798. The van der Waals surface area contributed by atoms with Crippen LogP contribution in [-0.4, -0.2) is 139 Å². The molecule has 7 aromatic rings. The van der Waals surface area contributed by atoms with E-state index in [1.54, 1.807) is 59.5 Å². The first-order chi connectivity index (χ1) is 45.5. The van der Waals surface area contributed by atoms with E-state index in [0.29, 0.717) is 97.9 Å². The number of benzene rings is 5. The van der Waals surface area contributed by atoms with E-state index in [0.717, 1.165) is 59.2 Å². The number of anilines is 2. The third kappa shape index (κ3) is 21.9. The molecule has 10 N–H and O–H groups in total. The molecule has 2 aliphatic rings. The lowest BCUT2D eigenvalue weighted by molar-refractivity contribution is -0.130. The largest absolute Gasteiger partial charge is 0.465 e. The third-order valence-corrected chi connectivity index (χ3v) is 17.7. The number of carbonyl (C=O) groups is 7. The predicted molar refractivity (Wildman–Crippen MR) is 369 cm³/mol. The number of carbonyl (C=O) groups excluding carboxylic acids is 6. The maximum atomic E-state index is 14.2. The first-order valence-corrected chi connectivity index (χ1v) is 33.5. The van der Waals surface area contributed by atoms with Gasteiger partial charge in [0.1, 0.15) is 17.7 Å². The quantitative estimate of drug-likeness (QED) is 0.0257. The van der Waals surface area contributed by atoms with Gasteiger partial charge in [0, 0.05) is 83.4 Å². The number of halogens is 3. The summed E-state index contributed by atoms with van der Waals surface area (Å²) in [6, 6.07) is 35.1. The van der Waals surface area contributed by atoms with Crippen molar-refractivity contribution in [2.75, 3.05) is 49.5 Å². The van der Waals surface area contributed by atoms with Gasteiger partial charge < -0.3 is 47.1 Å². The predicted octanol–water partition coefficient (Wildman–Crippen LogP) is 11.3. The van der Waals surface area contributed by atoms with Gasteiger partial charge in [-0.25, -0.2) is 19.8 Å². The lowest BCUT2D eigenvalue weighted by Crippen LogP contribution is -2.52. The van der Waals surface area contributed by atoms with Gasteiger partial charge in [0.15, 0.2) is 11.6 Å². The second-order valence-electron chi connectivity index (χ2n) is 24.8. The second-order valence-corrected chi connectivity index (χ2v) is 26.4. The Morgan fingerprint density at radius 1 is 0.674 bits per heavy atom. The van der Waals surface area contributed by atoms with Gasteiger partial charge >= 0.3 is 12.2 Å². The van der Waals surface area contributed by atoms with Crippen LogP contribution in [0.25, 0.3) is 33.9 Å². The van der Waals surface area contributed by atoms with Crippen LogP contribution in [0, 0.1) is 23.7 Å². The Morgan fingerprint density at radius 2 is 1.22 bits per heavy atom. The highest BCUT2D eigenvalue weighted by Gasteiger charge is 2.37. The summed E-state index contributed by atoms with van der Waals surface area (Å²) in [5.41, 5.74) is 11.9. The molecule has 2 atom stereocenters. The van der Waals surface area contributed by atoms with Crippen LogP contribution in [0.3, 0.4) is 0 Å². The number of ether oxygens (including phenoxy) is 1. The molecule has 2 saturated carbocycles. The number of aromatic nitrogens is 6.